The Morgan fingerprint density at radius 3 is 2.38 bits per heavy atom. The Hall–Kier alpha value is -2.67. The number of esters is 2. The van der Waals surface area contributed by atoms with Gasteiger partial charge in [0.2, 0.25) is 5.91 Å². The van der Waals surface area contributed by atoms with Gasteiger partial charge >= 0.3 is 11.9 Å². The van der Waals surface area contributed by atoms with E-state index in [0.29, 0.717) is 24.9 Å². The van der Waals surface area contributed by atoms with E-state index in [0.717, 1.165) is 25.2 Å². The highest BCUT2D eigenvalue weighted by molar-refractivity contribution is 5.89. The minimum atomic E-state index is -0.496. The van der Waals surface area contributed by atoms with E-state index in [1.807, 2.05) is 17.0 Å². The lowest BCUT2D eigenvalue weighted by atomic mass is 9.76. The molecule has 2 saturated heterocycles. The first-order chi connectivity index (χ1) is 13.9. The van der Waals surface area contributed by atoms with Crippen molar-refractivity contribution in [3.05, 3.63) is 48.0 Å². The number of rotatable bonds is 6. The van der Waals surface area contributed by atoms with Gasteiger partial charge in [-0.05, 0) is 30.5 Å². The summed E-state index contributed by atoms with van der Waals surface area (Å²) in [7, 11) is 2.74. The van der Waals surface area contributed by atoms with Gasteiger partial charge in [0.15, 0.2) is 0 Å². The number of amides is 1. The summed E-state index contributed by atoms with van der Waals surface area (Å²) in [4.78, 5) is 40.7. The van der Waals surface area contributed by atoms with Crippen LogP contribution in [0.15, 0.2) is 36.9 Å². The summed E-state index contributed by atoms with van der Waals surface area (Å²) in [5.74, 6) is -1.09. The number of hydrogen-bond acceptors (Lipinski definition) is 6. The van der Waals surface area contributed by atoms with Gasteiger partial charge in [-0.15, -0.1) is 6.58 Å². The van der Waals surface area contributed by atoms with Crippen molar-refractivity contribution in [3.8, 4) is 0 Å². The van der Waals surface area contributed by atoms with Gasteiger partial charge in [-0.1, -0.05) is 18.2 Å². The number of carbonyl (C=O) groups excluding carboxylic acids is 3. The van der Waals surface area contributed by atoms with Crippen molar-refractivity contribution in [1.82, 2.24) is 9.80 Å². The summed E-state index contributed by atoms with van der Waals surface area (Å²) >= 11 is 0. The van der Waals surface area contributed by atoms with Gasteiger partial charge < -0.3 is 14.4 Å². The first-order valence-electron chi connectivity index (χ1n) is 9.84. The van der Waals surface area contributed by atoms with E-state index in [-0.39, 0.29) is 24.3 Å². The molecule has 2 heterocycles. The van der Waals surface area contributed by atoms with Crippen molar-refractivity contribution in [2.24, 2.45) is 5.92 Å². The Kier molecular flexibility index (Phi) is 6.37. The molecule has 1 aromatic carbocycles. The van der Waals surface area contributed by atoms with Gasteiger partial charge in [-0.2, -0.15) is 0 Å². The van der Waals surface area contributed by atoms with Crippen molar-refractivity contribution in [2.45, 2.75) is 31.3 Å². The van der Waals surface area contributed by atoms with Crippen LogP contribution in [-0.4, -0.2) is 67.0 Å². The largest absolute Gasteiger partial charge is 0.469 e. The van der Waals surface area contributed by atoms with Crippen molar-refractivity contribution in [1.29, 1.82) is 0 Å². The second kappa shape index (κ2) is 8.78. The highest BCUT2D eigenvalue weighted by Crippen LogP contribution is 2.44. The molecule has 1 aromatic rings. The molecule has 0 saturated carbocycles. The molecule has 1 atom stereocenters. The van der Waals surface area contributed by atoms with Crippen molar-refractivity contribution < 1.29 is 23.9 Å². The molecule has 7 nitrogen and oxygen atoms in total. The number of likely N-dealkylation sites (tertiary alicyclic amines) is 2. The Balaban J connectivity index is 1.69. The minimum absolute atomic E-state index is 0.00727. The van der Waals surface area contributed by atoms with Crippen LogP contribution in [0, 0.1) is 5.92 Å². The number of benzene rings is 1. The molecule has 2 fully saturated rings. The number of piperidine rings is 1. The fraction of sp³-hybridized carbons (Fsp3) is 0.500. The van der Waals surface area contributed by atoms with E-state index in [4.69, 9.17) is 9.47 Å². The lowest BCUT2D eigenvalue weighted by Crippen LogP contribution is -2.57. The molecular weight excluding hydrogens is 372 g/mol. The molecule has 0 aliphatic carbocycles. The zero-order valence-electron chi connectivity index (χ0n) is 17.1. The molecule has 0 bridgehead atoms. The van der Waals surface area contributed by atoms with Crippen LogP contribution in [0.4, 0.5) is 0 Å². The normalized spacial score (nSPS) is 21.2. The number of methoxy groups -OCH3 is 2. The van der Waals surface area contributed by atoms with E-state index in [9.17, 15) is 14.4 Å². The Bertz CT molecular complexity index is 781. The van der Waals surface area contributed by atoms with E-state index >= 15 is 0 Å². The monoisotopic (exact) mass is 400 g/mol. The van der Waals surface area contributed by atoms with Crippen molar-refractivity contribution in [3.63, 3.8) is 0 Å². The molecule has 7 heteroatoms. The maximum Gasteiger partial charge on any atom is 0.337 e. The average molecular weight is 400 g/mol. The van der Waals surface area contributed by atoms with Gasteiger partial charge in [-0.3, -0.25) is 14.5 Å². The molecular formula is C22H28N2O5. The lowest BCUT2D eigenvalue weighted by Gasteiger charge is -2.46. The highest BCUT2D eigenvalue weighted by atomic mass is 16.5. The maximum absolute atomic E-state index is 12.6. The molecule has 29 heavy (non-hydrogen) atoms. The fourth-order valence-electron chi connectivity index (χ4n) is 4.61. The van der Waals surface area contributed by atoms with Gasteiger partial charge in [-0.25, -0.2) is 4.79 Å². The Labute approximate surface area is 171 Å². The van der Waals surface area contributed by atoms with Crippen LogP contribution in [0.1, 0.15) is 35.2 Å². The third-order valence-corrected chi connectivity index (χ3v) is 6.17. The predicted octanol–water partition coefficient (Wildman–Crippen LogP) is 2.02. The van der Waals surface area contributed by atoms with E-state index < -0.39 is 11.5 Å². The van der Waals surface area contributed by atoms with Crippen LogP contribution in [-0.2, 0) is 25.6 Å². The summed E-state index contributed by atoms with van der Waals surface area (Å²) in [6.07, 6.45) is 3.35. The molecule has 2 aliphatic rings. The third kappa shape index (κ3) is 4.05. The predicted molar refractivity (Wildman–Crippen MR) is 107 cm³/mol. The first kappa shape index (κ1) is 21.0. The molecule has 156 valence electrons. The minimum Gasteiger partial charge on any atom is -0.469 e. The number of hydrogen-bond donors (Lipinski definition) is 0. The summed E-state index contributed by atoms with van der Waals surface area (Å²) in [5, 5.41) is 0. The van der Waals surface area contributed by atoms with Gasteiger partial charge in [0.1, 0.15) is 0 Å². The molecule has 2 aliphatic heterocycles. The summed E-state index contributed by atoms with van der Waals surface area (Å²) < 4.78 is 9.73. The summed E-state index contributed by atoms with van der Waals surface area (Å²) in [6, 6.07) is 7.39. The fourth-order valence-corrected chi connectivity index (χ4v) is 4.61. The number of carbonyl (C=O) groups is 3. The van der Waals surface area contributed by atoms with Crippen molar-refractivity contribution >= 4 is 17.8 Å². The quantitative estimate of drug-likeness (QED) is 0.537. The van der Waals surface area contributed by atoms with E-state index in [2.05, 4.69) is 11.5 Å². The lowest BCUT2D eigenvalue weighted by molar-refractivity contribution is -0.150. The highest BCUT2D eigenvalue weighted by Gasteiger charge is 2.56. The Morgan fingerprint density at radius 2 is 1.83 bits per heavy atom. The second-order valence-electron chi connectivity index (χ2n) is 7.64. The Morgan fingerprint density at radius 1 is 1.17 bits per heavy atom. The van der Waals surface area contributed by atoms with Crippen LogP contribution in [0.3, 0.4) is 0 Å². The van der Waals surface area contributed by atoms with Gasteiger partial charge in [0.25, 0.3) is 0 Å². The van der Waals surface area contributed by atoms with Crippen molar-refractivity contribution in [2.75, 3.05) is 33.9 Å². The zero-order chi connectivity index (χ0) is 21.0. The average Bonchev–Trinajstić information content (AvgIpc) is 3.01. The van der Waals surface area contributed by atoms with Crippen LogP contribution in [0.2, 0.25) is 0 Å². The smallest absolute Gasteiger partial charge is 0.337 e. The molecule has 0 aromatic heterocycles. The van der Waals surface area contributed by atoms with E-state index in [1.54, 1.807) is 18.2 Å². The number of nitrogens with zero attached hydrogens (tertiary/aromatic N) is 2. The van der Waals surface area contributed by atoms with Crippen LogP contribution in [0.5, 0.6) is 0 Å². The standard InChI is InChI=1S/C22H28N2O5/c1-4-11-24-19(25)14-18(21(27)29-3)22(24)9-12-23(13-10-22)15-16-5-7-17(8-6-16)20(26)28-2/h4-8,18H,1,9-15H2,2-3H3. The van der Waals surface area contributed by atoms with Crippen LogP contribution in [0.25, 0.3) is 0 Å². The van der Waals surface area contributed by atoms with Crippen LogP contribution < -0.4 is 0 Å². The third-order valence-electron chi connectivity index (χ3n) is 6.17. The SMILES string of the molecule is C=CCN1C(=O)CC(C(=O)OC)C12CCN(Cc1ccc(C(=O)OC)cc1)CC2. The summed E-state index contributed by atoms with van der Waals surface area (Å²) in [6.45, 7) is 6.50. The topological polar surface area (TPSA) is 76.2 Å². The molecule has 1 unspecified atom stereocenters. The molecule has 1 amide bonds. The van der Waals surface area contributed by atoms with Gasteiger partial charge in [0, 0.05) is 32.6 Å². The zero-order valence-corrected chi connectivity index (χ0v) is 17.1. The second-order valence-corrected chi connectivity index (χ2v) is 7.64. The summed E-state index contributed by atoms with van der Waals surface area (Å²) in [5.41, 5.74) is 1.13. The molecule has 3 rings (SSSR count). The molecule has 0 N–H and O–H groups in total. The van der Waals surface area contributed by atoms with Crippen LogP contribution >= 0.6 is 0 Å². The molecule has 1 spiro atoms. The number of ether oxygens (including phenoxy) is 2. The van der Waals surface area contributed by atoms with Gasteiger partial charge in [0.05, 0.1) is 31.2 Å². The maximum atomic E-state index is 12.6. The molecule has 0 radical (unpaired) electrons. The first-order valence-corrected chi connectivity index (χ1v) is 9.84. The van der Waals surface area contributed by atoms with E-state index in [1.165, 1.54) is 14.2 Å².